The van der Waals surface area contributed by atoms with Gasteiger partial charge in [-0.2, -0.15) is 0 Å². The minimum Gasteiger partial charge on any atom is -0.493 e. The van der Waals surface area contributed by atoms with Gasteiger partial charge in [-0.25, -0.2) is 9.97 Å². The topological polar surface area (TPSA) is 57.1 Å². The molecule has 116 valence electrons. The van der Waals surface area contributed by atoms with Crippen molar-refractivity contribution in [2.45, 2.75) is 0 Å². The normalized spacial score (nSPS) is 11.1. The maximum Gasteiger partial charge on any atom is 0.162 e. The van der Waals surface area contributed by atoms with E-state index in [1.807, 2.05) is 36.4 Å². The number of methoxy groups -OCH3 is 2. The molecule has 0 amide bonds. The molecular formula is C17H14IN3O2. The van der Waals surface area contributed by atoms with Gasteiger partial charge in [0.15, 0.2) is 17.3 Å². The molecule has 0 spiro atoms. The van der Waals surface area contributed by atoms with Crippen LogP contribution in [-0.2, 0) is 0 Å². The molecule has 0 unspecified atom stereocenters. The number of fused-ring (bicyclic) bond motifs is 1. The fraction of sp³-hybridized carbons (Fsp3) is 0.118. The first-order valence-corrected chi connectivity index (χ1v) is 7.96. The Bertz CT molecular complexity index is 867. The van der Waals surface area contributed by atoms with Crippen LogP contribution in [0.1, 0.15) is 11.4 Å². The SMILES string of the molecule is COc1cc2nc(/C=C/c3cccnc3)nc(I)c2cc1OC. The van der Waals surface area contributed by atoms with Crippen LogP contribution in [0.4, 0.5) is 0 Å². The molecule has 0 fully saturated rings. The number of halogens is 1. The average Bonchev–Trinajstić information content (AvgIpc) is 2.59. The zero-order valence-electron chi connectivity index (χ0n) is 12.7. The highest BCUT2D eigenvalue weighted by atomic mass is 127. The summed E-state index contributed by atoms with van der Waals surface area (Å²) in [6, 6.07) is 7.62. The summed E-state index contributed by atoms with van der Waals surface area (Å²) in [5.41, 5.74) is 1.81. The van der Waals surface area contributed by atoms with Crippen molar-refractivity contribution in [2.75, 3.05) is 14.2 Å². The van der Waals surface area contributed by atoms with Gasteiger partial charge in [0.2, 0.25) is 0 Å². The highest BCUT2D eigenvalue weighted by Crippen LogP contribution is 2.32. The molecule has 0 bridgehead atoms. The number of hydrogen-bond donors (Lipinski definition) is 0. The van der Waals surface area contributed by atoms with Crippen LogP contribution in [0.5, 0.6) is 11.5 Å². The van der Waals surface area contributed by atoms with Gasteiger partial charge in [-0.05, 0) is 52.4 Å². The summed E-state index contributed by atoms with van der Waals surface area (Å²) in [5.74, 6) is 1.95. The molecule has 0 saturated carbocycles. The summed E-state index contributed by atoms with van der Waals surface area (Å²) in [7, 11) is 3.22. The van der Waals surface area contributed by atoms with Crippen molar-refractivity contribution < 1.29 is 9.47 Å². The van der Waals surface area contributed by atoms with Gasteiger partial charge < -0.3 is 9.47 Å². The summed E-state index contributed by atoms with van der Waals surface area (Å²) in [4.78, 5) is 13.2. The summed E-state index contributed by atoms with van der Waals surface area (Å²) < 4.78 is 11.5. The van der Waals surface area contributed by atoms with Crippen LogP contribution in [-0.4, -0.2) is 29.2 Å². The van der Waals surface area contributed by atoms with Crippen molar-refractivity contribution in [3.8, 4) is 11.5 Å². The van der Waals surface area contributed by atoms with Gasteiger partial charge >= 0.3 is 0 Å². The van der Waals surface area contributed by atoms with Crippen LogP contribution in [0.3, 0.4) is 0 Å². The number of ether oxygens (including phenoxy) is 2. The second-order valence-corrected chi connectivity index (χ2v) is 5.74. The van der Waals surface area contributed by atoms with E-state index in [4.69, 9.17) is 9.47 Å². The summed E-state index contributed by atoms with van der Waals surface area (Å²) in [6.07, 6.45) is 7.34. The van der Waals surface area contributed by atoms with Gasteiger partial charge in [-0.3, -0.25) is 4.98 Å². The van der Waals surface area contributed by atoms with Crippen LogP contribution >= 0.6 is 22.6 Å². The smallest absolute Gasteiger partial charge is 0.162 e. The molecular weight excluding hydrogens is 405 g/mol. The van der Waals surface area contributed by atoms with Crippen molar-refractivity contribution in [3.63, 3.8) is 0 Å². The number of aromatic nitrogens is 3. The van der Waals surface area contributed by atoms with Gasteiger partial charge in [0, 0.05) is 23.8 Å². The Morgan fingerprint density at radius 2 is 1.83 bits per heavy atom. The van der Waals surface area contributed by atoms with Crippen molar-refractivity contribution in [3.05, 3.63) is 51.7 Å². The monoisotopic (exact) mass is 419 g/mol. The van der Waals surface area contributed by atoms with Crippen molar-refractivity contribution >= 4 is 45.6 Å². The minimum absolute atomic E-state index is 0.637. The Labute approximate surface area is 147 Å². The number of rotatable bonds is 4. The van der Waals surface area contributed by atoms with E-state index in [0.29, 0.717) is 17.3 Å². The summed E-state index contributed by atoms with van der Waals surface area (Å²) >= 11 is 2.20. The van der Waals surface area contributed by atoms with Crippen molar-refractivity contribution in [2.24, 2.45) is 0 Å². The van der Waals surface area contributed by atoms with E-state index in [1.165, 1.54) is 0 Å². The van der Waals surface area contributed by atoms with Gasteiger partial charge in [0.1, 0.15) is 3.70 Å². The van der Waals surface area contributed by atoms with Crippen LogP contribution in [0.2, 0.25) is 0 Å². The lowest BCUT2D eigenvalue weighted by atomic mass is 10.2. The van der Waals surface area contributed by atoms with Gasteiger partial charge in [-0.15, -0.1) is 0 Å². The maximum absolute atomic E-state index is 5.34. The molecule has 0 N–H and O–H groups in total. The zero-order chi connectivity index (χ0) is 16.2. The maximum atomic E-state index is 5.34. The second kappa shape index (κ2) is 6.91. The van der Waals surface area contributed by atoms with Crippen LogP contribution in [0, 0.1) is 3.70 Å². The molecule has 3 rings (SSSR count). The van der Waals surface area contributed by atoms with E-state index < -0.39 is 0 Å². The third-order valence-electron chi connectivity index (χ3n) is 3.28. The first-order valence-electron chi connectivity index (χ1n) is 6.88. The largest absolute Gasteiger partial charge is 0.493 e. The number of hydrogen-bond acceptors (Lipinski definition) is 5. The Morgan fingerprint density at radius 3 is 2.52 bits per heavy atom. The fourth-order valence-electron chi connectivity index (χ4n) is 2.16. The van der Waals surface area contributed by atoms with Gasteiger partial charge in [-0.1, -0.05) is 6.07 Å². The van der Waals surface area contributed by atoms with Crippen molar-refractivity contribution in [1.82, 2.24) is 15.0 Å². The van der Waals surface area contributed by atoms with Crippen LogP contribution in [0.25, 0.3) is 23.1 Å². The van der Waals surface area contributed by atoms with Crippen molar-refractivity contribution in [1.29, 1.82) is 0 Å². The molecule has 6 heteroatoms. The van der Waals surface area contributed by atoms with E-state index in [2.05, 4.69) is 37.5 Å². The Hall–Kier alpha value is -2.22. The highest BCUT2D eigenvalue weighted by molar-refractivity contribution is 14.1. The van der Waals surface area contributed by atoms with E-state index in [9.17, 15) is 0 Å². The fourth-order valence-corrected chi connectivity index (χ4v) is 2.83. The first-order chi connectivity index (χ1) is 11.2. The molecule has 0 radical (unpaired) electrons. The Balaban J connectivity index is 2.05. The standard InChI is InChI=1S/C17H14IN3O2/c1-22-14-8-12-13(9-15(14)23-2)20-16(21-17(12)18)6-5-11-4-3-7-19-10-11/h3-10H,1-2H3/b6-5+. The molecule has 2 heterocycles. The van der Waals surface area contributed by atoms with Crippen LogP contribution < -0.4 is 9.47 Å². The lowest BCUT2D eigenvalue weighted by Crippen LogP contribution is -1.96. The molecule has 1 aromatic carbocycles. The quantitative estimate of drug-likeness (QED) is 0.476. The predicted octanol–water partition coefficient (Wildman–Crippen LogP) is 3.82. The van der Waals surface area contributed by atoms with Gasteiger partial charge in [0.25, 0.3) is 0 Å². The summed E-state index contributed by atoms with van der Waals surface area (Å²) in [5, 5.41) is 0.932. The second-order valence-electron chi connectivity index (χ2n) is 4.72. The summed E-state index contributed by atoms with van der Waals surface area (Å²) in [6.45, 7) is 0. The van der Waals surface area contributed by atoms with Crippen LogP contribution in [0.15, 0.2) is 36.7 Å². The number of pyridine rings is 1. The third-order valence-corrected chi connectivity index (χ3v) is 4.10. The first kappa shape index (κ1) is 15.7. The molecule has 5 nitrogen and oxygen atoms in total. The molecule has 0 aliphatic heterocycles. The average molecular weight is 419 g/mol. The minimum atomic E-state index is 0.637. The molecule has 0 atom stereocenters. The van der Waals surface area contributed by atoms with E-state index in [1.54, 1.807) is 26.6 Å². The van der Waals surface area contributed by atoms with E-state index in [-0.39, 0.29) is 0 Å². The number of nitrogens with zero attached hydrogens (tertiary/aromatic N) is 3. The molecule has 0 aliphatic rings. The third kappa shape index (κ3) is 3.42. The lowest BCUT2D eigenvalue weighted by Gasteiger charge is -2.09. The molecule has 0 aliphatic carbocycles. The Kier molecular flexibility index (Phi) is 4.71. The molecule has 0 saturated heterocycles. The predicted molar refractivity (Wildman–Crippen MR) is 98.5 cm³/mol. The Morgan fingerprint density at radius 1 is 1.04 bits per heavy atom. The van der Waals surface area contributed by atoms with Gasteiger partial charge in [0.05, 0.1) is 19.7 Å². The number of benzene rings is 1. The molecule has 23 heavy (non-hydrogen) atoms. The molecule has 2 aromatic heterocycles. The lowest BCUT2D eigenvalue weighted by molar-refractivity contribution is 0.355. The van der Waals surface area contributed by atoms with E-state index in [0.717, 1.165) is 20.2 Å². The zero-order valence-corrected chi connectivity index (χ0v) is 14.8. The highest BCUT2D eigenvalue weighted by Gasteiger charge is 2.11. The molecule has 3 aromatic rings. The van der Waals surface area contributed by atoms with E-state index >= 15 is 0 Å².